The molecule has 0 radical (unpaired) electrons. The van der Waals surface area contributed by atoms with E-state index >= 15 is 0 Å². The minimum absolute atomic E-state index is 0. The predicted molar refractivity (Wildman–Crippen MR) is 87.4 cm³/mol. The number of carbonyl (C=O) groups excluding carboxylic acids is 1. The molecule has 1 aliphatic rings. The lowest BCUT2D eigenvalue weighted by Gasteiger charge is -2.11. The maximum absolute atomic E-state index is 12.0. The molecule has 1 aliphatic heterocycles. The van der Waals surface area contributed by atoms with Crippen molar-refractivity contribution < 1.29 is 4.79 Å². The van der Waals surface area contributed by atoms with Crippen LogP contribution in [0.25, 0.3) is 11.0 Å². The van der Waals surface area contributed by atoms with E-state index in [0.717, 1.165) is 24.0 Å². The van der Waals surface area contributed by atoms with E-state index in [1.807, 2.05) is 24.3 Å². The topological polar surface area (TPSA) is 66.9 Å². The molecular formula is C14H18Cl2N4O. The third kappa shape index (κ3) is 4.27. The number of nitrogens with one attached hydrogen (secondary N) is 2. The predicted octanol–water partition coefficient (Wildman–Crippen LogP) is 1.96. The Kier molecular flexibility index (Phi) is 6.81. The second-order valence-electron chi connectivity index (χ2n) is 4.75. The molecule has 7 heteroatoms. The molecule has 1 saturated heterocycles. The number of fused-ring (bicyclic) bond motifs is 1. The van der Waals surface area contributed by atoms with Crippen LogP contribution in [0, 0.1) is 0 Å². The summed E-state index contributed by atoms with van der Waals surface area (Å²) in [5.74, 6) is -0.160. The molecule has 0 spiro atoms. The molecule has 1 atom stereocenters. The van der Waals surface area contributed by atoms with Crippen molar-refractivity contribution in [1.82, 2.24) is 20.6 Å². The second-order valence-corrected chi connectivity index (χ2v) is 4.75. The highest BCUT2D eigenvalue weighted by atomic mass is 35.5. The highest BCUT2D eigenvalue weighted by Crippen LogP contribution is 2.08. The number of halogens is 2. The molecule has 2 aromatic rings. The van der Waals surface area contributed by atoms with Gasteiger partial charge < -0.3 is 10.6 Å². The quantitative estimate of drug-likeness (QED) is 0.903. The molecular weight excluding hydrogens is 311 g/mol. The van der Waals surface area contributed by atoms with Gasteiger partial charge >= 0.3 is 0 Å². The minimum Gasteiger partial charge on any atom is -0.349 e. The molecule has 1 amide bonds. The Hall–Kier alpha value is -1.43. The van der Waals surface area contributed by atoms with Gasteiger partial charge in [0.2, 0.25) is 0 Å². The summed E-state index contributed by atoms with van der Waals surface area (Å²) in [4.78, 5) is 20.6. The summed E-state index contributed by atoms with van der Waals surface area (Å²) in [6.07, 6.45) is 3.82. The van der Waals surface area contributed by atoms with E-state index in [1.165, 1.54) is 12.6 Å². The average molecular weight is 329 g/mol. The van der Waals surface area contributed by atoms with E-state index in [2.05, 4.69) is 20.6 Å². The molecule has 0 saturated carbocycles. The van der Waals surface area contributed by atoms with Gasteiger partial charge in [-0.25, -0.2) is 4.98 Å². The summed E-state index contributed by atoms with van der Waals surface area (Å²) in [5.41, 5.74) is 1.92. The van der Waals surface area contributed by atoms with E-state index in [-0.39, 0.29) is 30.7 Å². The molecule has 1 aromatic carbocycles. The summed E-state index contributed by atoms with van der Waals surface area (Å²) in [5, 5.41) is 6.24. The van der Waals surface area contributed by atoms with Crippen molar-refractivity contribution in [3.63, 3.8) is 0 Å². The summed E-state index contributed by atoms with van der Waals surface area (Å²) >= 11 is 0. The number of rotatable bonds is 3. The fraction of sp³-hybridized carbons (Fsp3) is 0.357. The number of benzene rings is 1. The molecule has 114 valence electrons. The molecule has 0 aliphatic carbocycles. The fourth-order valence-electron chi connectivity index (χ4n) is 2.30. The van der Waals surface area contributed by atoms with E-state index < -0.39 is 0 Å². The van der Waals surface area contributed by atoms with E-state index in [4.69, 9.17) is 0 Å². The van der Waals surface area contributed by atoms with Gasteiger partial charge in [-0.15, -0.1) is 24.8 Å². The van der Waals surface area contributed by atoms with Gasteiger partial charge in [0.15, 0.2) is 0 Å². The summed E-state index contributed by atoms with van der Waals surface area (Å²) in [6, 6.07) is 7.92. The van der Waals surface area contributed by atoms with Crippen LogP contribution in [0.4, 0.5) is 0 Å². The number of aromatic nitrogens is 2. The molecule has 1 aromatic heterocycles. The highest BCUT2D eigenvalue weighted by molar-refractivity contribution is 5.93. The number of nitrogens with zero attached hydrogens (tertiary/aromatic N) is 2. The van der Waals surface area contributed by atoms with Crippen molar-refractivity contribution in [2.45, 2.75) is 18.9 Å². The van der Waals surface area contributed by atoms with Crippen LogP contribution in [-0.2, 0) is 0 Å². The van der Waals surface area contributed by atoms with E-state index in [9.17, 15) is 4.79 Å². The van der Waals surface area contributed by atoms with Gasteiger partial charge in [0.25, 0.3) is 5.91 Å². The summed E-state index contributed by atoms with van der Waals surface area (Å²) in [7, 11) is 0. The van der Waals surface area contributed by atoms with Gasteiger partial charge in [0.05, 0.1) is 17.2 Å². The third-order valence-electron chi connectivity index (χ3n) is 3.35. The van der Waals surface area contributed by atoms with Crippen molar-refractivity contribution in [2.75, 3.05) is 13.1 Å². The van der Waals surface area contributed by atoms with Crippen LogP contribution >= 0.6 is 24.8 Å². The van der Waals surface area contributed by atoms with Crippen LogP contribution in [0.15, 0.2) is 30.5 Å². The SMILES string of the molecule is Cl.Cl.O=C(NCC1CCCN1)c1cnc2ccccc2n1. The first-order chi connectivity index (χ1) is 9.33. The Bertz CT molecular complexity index is 602. The normalized spacial score (nSPS) is 16.9. The van der Waals surface area contributed by atoms with Gasteiger partial charge in [-0.05, 0) is 31.5 Å². The largest absolute Gasteiger partial charge is 0.349 e. The zero-order chi connectivity index (χ0) is 13.1. The zero-order valence-electron chi connectivity index (χ0n) is 11.4. The van der Waals surface area contributed by atoms with Gasteiger partial charge in [-0.2, -0.15) is 0 Å². The standard InChI is InChI=1S/C14H16N4O.2ClH/c19-14(17-8-10-4-3-7-15-10)13-9-16-11-5-1-2-6-12(11)18-13;;/h1-2,5-6,9-10,15H,3-4,7-8H2,(H,17,19);2*1H. The summed E-state index contributed by atoms with van der Waals surface area (Å²) < 4.78 is 0. The van der Waals surface area contributed by atoms with Crippen LogP contribution in [-0.4, -0.2) is 35.0 Å². The number of hydrogen-bond acceptors (Lipinski definition) is 4. The van der Waals surface area contributed by atoms with Gasteiger partial charge in [-0.1, -0.05) is 12.1 Å². The number of hydrogen-bond donors (Lipinski definition) is 2. The third-order valence-corrected chi connectivity index (χ3v) is 3.35. The minimum atomic E-state index is -0.160. The molecule has 2 N–H and O–H groups in total. The lowest BCUT2D eigenvalue weighted by Crippen LogP contribution is -2.37. The van der Waals surface area contributed by atoms with Crippen molar-refractivity contribution in [2.24, 2.45) is 0 Å². The van der Waals surface area contributed by atoms with Crippen LogP contribution in [0.1, 0.15) is 23.3 Å². The Balaban J connectivity index is 0.00000110. The van der Waals surface area contributed by atoms with Crippen LogP contribution < -0.4 is 10.6 Å². The highest BCUT2D eigenvalue weighted by Gasteiger charge is 2.16. The number of carbonyl (C=O) groups is 1. The number of para-hydroxylation sites is 2. The van der Waals surface area contributed by atoms with E-state index in [1.54, 1.807) is 0 Å². The lowest BCUT2D eigenvalue weighted by molar-refractivity contribution is 0.0945. The van der Waals surface area contributed by atoms with Gasteiger partial charge in [0.1, 0.15) is 5.69 Å². The molecule has 3 rings (SSSR count). The monoisotopic (exact) mass is 328 g/mol. The Morgan fingerprint density at radius 3 is 2.76 bits per heavy atom. The smallest absolute Gasteiger partial charge is 0.271 e. The van der Waals surface area contributed by atoms with Crippen molar-refractivity contribution in [3.8, 4) is 0 Å². The molecule has 0 bridgehead atoms. The Labute approximate surface area is 135 Å². The molecule has 1 unspecified atom stereocenters. The van der Waals surface area contributed by atoms with Crippen molar-refractivity contribution in [1.29, 1.82) is 0 Å². The summed E-state index contributed by atoms with van der Waals surface area (Å²) in [6.45, 7) is 1.68. The fourth-order valence-corrected chi connectivity index (χ4v) is 2.30. The van der Waals surface area contributed by atoms with Gasteiger partial charge in [0, 0.05) is 12.6 Å². The van der Waals surface area contributed by atoms with Crippen LogP contribution in [0.2, 0.25) is 0 Å². The molecule has 1 fully saturated rings. The second kappa shape index (κ2) is 8.12. The maximum Gasteiger partial charge on any atom is 0.271 e. The van der Waals surface area contributed by atoms with Crippen LogP contribution in [0.5, 0.6) is 0 Å². The zero-order valence-corrected chi connectivity index (χ0v) is 13.0. The first kappa shape index (κ1) is 17.6. The van der Waals surface area contributed by atoms with Gasteiger partial charge in [-0.3, -0.25) is 9.78 Å². The van der Waals surface area contributed by atoms with Crippen LogP contribution in [0.3, 0.4) is 0 Å². The van der Waals surface area contributed by atoms with Crippen molar-refractivity contribution >= 4 is 41.8 Å². The average Bonchev–Trinajstić information content (AvgIpc) is 2.97. The molecule has 5 nitrogen and oxygen atoms in total. The molecule has 2 heterocycles. The van der Waals surface area contributed by atoms with Crippen molar-refractivity contribution in [3.05, 3.63) is 36.2 Å². The molecule has 21 heavy (non-hydrogen) atoms. The Morgan fingerprint density at radius 1 is 1.29 bits per heavy atom. The first-order valence-corrected chi connectivity index (χ1v) is 6.56. The maximum atomic E-state index is 12.0. The first-order valence-electron chi connectivity index (χ1n) is 6.56. The number of amides is 1. The Morgan fingerprint density at radius 2 is 2.05 bits per heavy atom. The lowest BCUT2D eigenvalue weighted by atomic mass is 10.2. The van der Waals surface area contributed by atoms with E-state index in [0.29, 0.717) is 18.3 Å².